The molecule has 2 fully saturated rings. The molecule has 1 N–H and O–H groups in total. The van der Waals surface area contributed by atoms with E-state index in [9.17, 15) is 0 Å². The average Bonchev–Trinajstić information content (AvgIpc) is 2.85. The van der Waals surface area contributed by atoms with Crippen molar-refractivity contribution in [3.05, 3.63) is 12.1 Å². The third-order valence-corrected chi connectivity index (χ3v) is 3.97. The number of anilines is 1. The second-order valence-corrected chi connectivity index (χ2v) is 5.05. The van der Waals surface area contributed by atoms with Crippen molar-refractivity contribution in [2.24, 2.45) is 0 Å². The molecule has 0 bridgehead atoms. The zero-order valence-corrected chi connectivity index (χ0v) is 10.6. The molecule has 0 spiro atoms. The van der Waals surface area contributed by atoms with E-state index in [1.165, 1.54) is 4.63 Å². The van der Waals surface area contributed by atoms with Crippen LogP contribution >= 0.6 is 0 Å². The molecule has 0 radical (unpaired) electrons. The SMILES string of the molecule is c1cc2nnnn2nc1N1CCN(C2CNC2)CC1. The maximum Gasteiger partial charge on any atom is 0.200 e. The number of fused-ring (bicyclic) bond motifs is 1. The highest BCUT2D eigenvalue weighted by Gasteiger charge is 2.28. The number of tetrazole rings is 1. The van der Waals surface area contributed by atoms with Crippen molar-refractivity contribution in [2.45, 2.75) is 6.04 Å². The Hall–Kier alpha value is -1.80. The number of hydrogen-bond acceptors (Lipinski definition) is 7. The smallest absolute Gasteiger partial charge is 0.200 e. The van der Waals surface area contributed by atoms with E-state index in [0.29, 0.717) is 5.65 Å². The van der Waals surface area contributed by atoms with E-state index in [2.05, 4.69) is 35.7 Å². The van der Waals surface area contributed by atoms with E-state index in [1.54, 1.807) is 0 Å². The van der Waals surface area contributed by atoms with Crippen molar-refractivity contribution in [1.29, 1.82) is 0 Å². The fourth-order valence-corrected chi connectivity index (χ4v) is 2.66. The highest BCUT2D eigenvalue weighted by Crippen LogP contribution is 2.15. The largest absolute Gasteiger partial charge is 0.353 e. The molecular formula is C11H16N8. The second kappa shape index (κ2) is 4.39. The summed E-state index contributed by atoms with van der Waals surface area (Å²) in [5.41, 5.74) is 0.683. The van der Waals surface area contributed by atoms with Gasteiger partial charge in [0.25, 0.3) is 0 Å². The van der Waals surface area contributed by atoms with Crippen LogP contribution < -0.4 is 10.2 Å². The summed E-state index contributed by atoms with van der Waals surface area (Å²) in [7, 11) is 0. The Labute approximate surface area is 110 Å². The lowest BCUT2D eigenvalue weighted by molar-refractivity contribution is 0.137. The Bertz CT molecular complexity index is 569. The van der Waals surface area contributed by atoms with Gasteiger partial charge in [-0.05, 0) is 22.6 Å². The van der Waals surface area contributed by atoms with Crippen molar-refractivity contribution in [1.82, 2.24) is 35.5 Å². The lowest BCUT2D eigenvalue weighted by atomic mass is 10.1. The standard InChI is InChI=1S/C11H16N8/c1-2-11(14-19-10(1)13-15-16-19)18-5-3-17(4-6-18)9-7-12-8-9/h1-2,9,12H,3-8H2. The maximum absolute atomic E-state index is 4.44. The molecule has 0 aliphatic carbocycles. The molecule has 0 aromatic carbocycles. The predicted molar refractivity (Wildman–Crippen MR) is 69.0 cm³/mol. The number of nitrogens with one attached hydrogen (secondary N) is 1. The first kappa shape index (κ1) is 11.1. The molecule has 0 saturated carbocycles. The van der Waals surface area contributed by atoms with Crippen LogP contribution in [0.1, 0.15) is 0 Å². The van der Waals surface area contributed by atoms with E-state index in [1.807, 2.05) is 12.1 Å². The fraction of sp³-hybridized carbons (Fsp3) is 0.636. The van der Waals surface area contributed by atoms with Crippen molar-refractivity contribution in [2.75, 3.05) is 44.2 Å². The van der Waals surface area contributed by atoms with Gasteiger partial charge in [-0.2, -0.15) is 0 Å². The third kappa shape index (κ3) is 1.92. The van der Waals surface area contributed by atoms with Gasteiger partial charge in [-0.25, -0.2) is 0 Å². The zero-order valence-electron chi connectivity index (χ0n) is 10.6. The van der Waals surface area contributed by atoms with Crippen molar-refractivity contribution in [3.8, 4) is 0 Å². The lowest BCUT2D eigenvalue weighted by Gasteiger charge is -2.43. The first-order valence-electron chi connectivity index (χ1n) is 6.65. The minimum atomic E-state index is 0.683. The predicted octanol–water partition coefficient (Wildman–Crippen LogP) is -1.39. The summed E-state index contributed by atoms with van der Waals surface area (Å²) in [4.78, 5) is 4.85. The topological polar surface area (TPSA) is 74.5 Å². The Morgan fingerprint density at radius 1 is 1.11 bits per heavy atom. The molecule has 8 nitrogen and oxygen atoms in total. The Morgan fingerprint density at radius 3 is 2.68 bits per heavy atom. The molecule has 19 heavy (non-hydrogen) atoms. The number of aromatic nitrogens is 5. The Balaban J connectivity index is 1.47. The molecule has 2 aliphatic rings. The Kier molecular flexibility index (Phi) is 2.56. The van der Waals surface area contributed by atoms with Gasteiger partial charge >= 0.3 is 0 Å². The lowest BCUT2D eigenvalue weighted by Crippen LogP contribution is -2.61. The van der Waals surface area contributed by atoms with Crippen LogP contribution in [0.15, 0.2) is 12.1 Å². The van der Waals surface area contributed by atoms with Crippen LogP contribution in [0.5, 0.6) is 0 Å². The monoisotopic (exact) mass is 260 g/mol. The second-order valence-electron chi connectivity index (χ2n) is 5.05. The highest BCUT2D eigenvalue weighted by molar-refractivity contribution is 5.44. The number of piperazine rings is 1. The molecule has 2 aliphatic heterocycles. The average molecular weight is 260 g/mol. The molecule has 4 rings (SSSR count). The minimum absolute atomic E-state index is 0.683. The summed E-state index contributed by atoms with van der Waals surface area (Å²) in [6.07, 6.45) is 0. The summed E-state index contributed by atoms with van der Waals surface area (Å²) in [6, 6.07) is 4.63. The molecular weight excluding hydrogens is 244 g/mol. The fourth-order valence-electron chi connectivity index (χ4n) is 2.66. The van der Waals surface area contributed by atoms with E-state index in [0.717, 1.165) is 51.1 Å². The zero-order chi connectivity index (χ0) is 12.7. The number of rotatable bonds is 2. The van der Waals surface area contributed by atoms with Crippen molar-refractivity contribution < 1.29 is 0 Å². The van der Waals surface area contributed by atoms with E-state index in [-0.39, 0.29) is 0 Å². The van der Waals surface area contributed by atoms with Gasteiger partial charge in [0.05, 0.1) is 0 Å². The molecule has 8 heteroatoms. The normalized spacial score (nSPS) is 21.8. The third-order valence-electron chi connectivity index (χ3n) is 3.97. The van der Waals surface area contributed by atoms with Crippen molar-refractivity contribution >= 4 is 11.5 Å². The van der Waals surface area contributed by atoms with Crippen LogP contribution in [0.2, 0.25) is 0 Å². The van der Waals surface area contributed by atoms with Gasteiger partial charge < -0.3 is 10.2 Å². The Morgan fingerprint density at radius 2 is 1.95 bits per heavy atom. The number of nitrogens with zero attached hydrogens (tertiary/aromatic N) is 7. The molecule has 100 valence electrons. The first-order chi connectivity index (χ1) is 9.40. The van der Waals surface area contributed by atoms with Gasteiger partial charge in [0, 0.05) is 45.3 Å². The summed E-state index contributed by atoms with van der Waals surface area (Å²) in [6.45, 7) is 6.49. The molecule has 0 unspecified atom stereocenters. The van der Waals surface area contributed by atoms with Crippen molar-refractivity contribution in [3.63, 3.8) is 0 Å². The van der Waals surface area contributed by atoms with Crippen LogP contribution in [0.3, 0.4) is 0 Å². The summed E-state index contributed by atoms with van der Waals surface area (Å²) < 4.78 is 1.48. The quantitative estimate of drug-likeness (QED) is 0.713. The molecule has 2 aromatic rings. The van der Waals surface area contributed by atoms with Gasteiger partial charge in [-0.15, -0.1) is 14.8 Å². The minimum Gasteiger partial charge on any atom is -0.353 e. The van der Waals surface area contributed by atoms with Gasteiger partial charge in [-0.1, -0.05) is 0 Å². The van der Waals surface area contributed by atoms with Gasteiger partial charge in [0.1, 0.15) is 0 Å². The molecule has 0 amide bonds. The van der Waals surface area contributed by atoms with Crippen LogP contribution in [0, 0.1) is 0 Å². The number of hydrogen-bond donors (Lipinski definition) is 1. The molecule has 2 aromatic heterocycles. The summed E-state index contributed by atoms with van der Waals surface area (Å²) in [5.74, 6) is 0.950. The van der Waals surface area contributed by atoms with Crippen LogP contribution in [-0.4, -0.2) is 75.5 Å². The van der Waals surface area contributed by atoms with Gasteiger partial charge in [0.15, 0.2) is 11.5 Å². The first-order valence-corrected chi connectivity index (χ1v) is 6.65. The molecule has 4 heterocycles. The molecule has 2 saturated heterocycles. The van der Waals surface area contributed by atoms with Crippen LogP contribution in [0.4, 0.5) is 5.82 Å². The van der Waals surface area contributed by atoms with E-state index < -0.39 is 0 Å². The van der Waals surface area contributed by atoms with Gasteiger partial charge in [0.2, 0.25) is 0 Å². The van der Waals surface area contributed by atoms with E-state index in [4.69, 9.17) is 0 Å². The maximum atomic E-state index is 4.44. The summed E-state index contributed by atoms with van der Waals surface area (Å²) in [5, 5.41) is 19.1. The molecule has 0 atom stereocenters. The summed E-state index contributed by atoms with van der Waals surface area (Å²) >= 11 is 0. The van der Waals surface area contributed by atoms with E-state index >= 15 is 0 Å². The van der Waals surface area contributed by atoms with Crippen LogP contribution in [-0.2, 0) is 0 Å². The van der Waals surface area contributed by atoms with Gasteiger partial charge in [-0.3, -0.25) is 4.90 Å². The van der Waals surface area contributed by atoms with Crippen LogP contribution in [0.25, 0.3) is 5.65 Å². The highest BCUT2D eigenvalue weighted by atomic mass is 15.6.